The number of carboxylic acids is 1. The van der Waals surface area contributed by atoms with Gasteiger partial charge in [0.2, 0.25) is 15.9 Å². The second kappa shape index (κ2) is 6.12. The molecule has 0 aliphatic rings. The van der Waals surface area contributed by atoms with Crippen LogP contribution in [0, 0.1) is 5.41 Å². The monoisotopic (exact) mass is 378 g/mol. The summed E-state index contributed by atoms with van der Waals surface area (Å²) in [6.07, 6.45) is 0. The summed E-state index contributed by atoms with van der Waals surface area (Å²) in [6, 6.07) is 3.55. The highest BCUT2D eigenvalue weighted by atomic mass is 79.9. The van der Waals surface area contributed by atoms with Crippen LogP contribution >= 0.6 is 15.9 Å². The molecule has 4 N–H and O–H groups in total. The maximum atomic E-state index is 12.2. The van der Waals surface area contributed by atoms with E-state index in [4.69, 9.17) is 10.8 Å². The van der Waals surface area contributed by atoms with E-state index in [1.165, 1.54) is 32.0 Å². The Hall–Kier alpha value is -1.45. The molecular formula is C12H15BrN2O5S. The molecule has 0 spiro atoms. The summed E-state index contributed by atoms with van der Waals surface area (Å²) >= 11 is 3.03. The molecule has 9 heteroatoms. The van der Waals surface area contributed by atoms with Crippen molar-refractivity contribution in [2.24, 2.45) is 11.1 Å². The van der Waals surface area contributed by atoms with Crippen molar-refractivity contribution in [2.75, 3.05) is 6.54 Å². The highest BCUT2D eigenvalue weighted by molar-refractivity contribution is 9.10. The first-order chi connectivity index (χ1) is 9.47. The Bertz CT molecular complexity index is 685. The van der Waals surface area contributed by atoms with E-state index in [2.05, 4.69) is 20.7 Å². The molecule has 21 heavy (non-hydrogen) atoms. The number of primary amides is 1. The molecule has 116 valence electrons. The summed E-state index contributed by atoms with van der Waals surface area (Å²) in [5, 5.41) is 8.84. The fourth-order valence-electron chi connectivity index (χ4n) is 1.29. The van der Waals surface area contributed by atoms with Crippen LogP contribution in [-0.2, 0) is 14.8 Å². The average Bonchev–Trinajstić information content (AvgIpc) is 2.36. The topological polar surface area (TPSA) is 127 Å². The van der Waals surface area contributed by atoms with Gasteiger partial charge in [-0.25, -0.2) is 17.9 Å². The van der Waals surface area contributed by atoms with Crippen molar-refractivity contribution in [1.29, 1.82) is 0 Å². The number of carboxylic acid groups (broad SMARTS) is 1. The molecule has 0 radical (unpaired) electrons. The van der Waals surface area contributed by atoms with Crippen LogP contribution < -0.4 is 10.5 Å². The molecule has 0 aliphatic heterocycles. The third kappa shape index (κ3) is 4.26. The SMILES string of the molecule is CC(C)(CNS(=O)(=O)c1ccc(C(=O)O)cc1Br)C(N)=O. The van der Waals surface area contributed by atoms with Gasteiger partial charge in [-0.1, -0.05) is 0 Å². The molecule has 7 nitrogen and oxygen atoms in total. The normalized spacial score (nSPS) is 12.1. The Kier molecular flexibility index (Phi) is 5.13. The number of hydrogen-bond donors (Lipinski definition) is 3. The number of halogens is 1. The molecule has 0 saturated carbocycles. The molecular weight excluding hydrogens is 364 g/mol. The van der Waals surface area contributed by atoms with E-state index < -0.39 is 27.3 Å². The number of carbonyl (C=O) groups is 2. The van der Waals surface area contributed by atoms with Crippen molar-refractivity contribution in [3.63, 3.8) is 0 Å². The molecule has 1 aromatic rings. The third-order valence-electron chi connectivity index (χ3n) is 2.84. The molecule has 1 rings (SSSR count). The number of nitrogens with one attached hydrogen (secondary N) is 1. The number of aromatic carboxylic acids is 1. The Balaban J connectivity index is 3.04. The summed E-state index contributed by atoms with van der Waals surface area (Å²) in [4.78, 5) is 21.9. The van der Waals surface area contributed by atoms with E-state index in [1.54, 1.807) is 0 Å². The van der Waals surface area contributed by atoms with Crippen LogP contribution in [0.3, 0.4) is 0 Å². The van der Waals surface area contributed by atoms with Crippen LogP contribution in [0.4, 0.5) is 0 Å². The van der Waals surface area contributed by atoms with E-state index in [9.17, 15) is 18.0 Å². The molecule has 0 heterocycles. The number of nitrogens with two attached hydrogens (primary N) is 1. The number of carbonyl (C=O) groups excluding carboxylic acids is 1. The van der Waals surface area contributed by atoms with E-state index in [-0.39, 0.29) is 21.5 Å². The predicted molar refractivity (Wildman–Crippen MR) is 79.3 cm³/mol. The van der Waals surface area contributed by atoms with Gasteiger partial charge in [0.25, 0.3) is 0 Å². The zero-order valence-corrected chi connectivity index (χ0v) is 13.8. The van der Waals surface area contributed by atoms with Crippen molar-refractivity contribution in [2.45, 2.75) is 18.7 Å². The first kappa shape index (κ1) is 17.6. The quantitative estimate of drug-likeness (QED) is 0.678. The molecule has 0 saturated heterocycles. The van der Waals surface area contributed by atoms with E-state index in [0.29, 0.717) is 0 Å². The van der Waals surface area contributed by atoms with Gasteiger partial charge in [-0.15, -0.1) is 0 Å². The highest BCUT2D eigenvalue weighted by Gasteiger charge is 2.28. The summed E-state index contributed by atoms with van der Waals surface area (Å²) in [6.45, 7) is 2.86. The lowest BCUT2D eigenvalue weighted by Crippen LogP contribution is -2.42. The number of sulfonamides is 1. The van der Waals surface area contributed by atoms with E-state index in [1.807, 2.05) is 0 Å². The highest BCUT2D eigenvalue weighted by Crippen LogP contribution is 2.24. The lowest BCUT2D eigenvalue weighted by molar-refractivity contribution is -0.125. The summed E-state index contributed by atoms with van der Waals surface area (Å²) in [7, 11) is -3.90. The van der Waals surface area contributed by atoms with Gasteiger partial charge in [0.1, 0.15) is 0 Å². The molecule has 1 amide bonds. The van der Waals surface area contributed by atoms with Gasteiger partial charge in [-0.3, -0.25) is 4.79 Å². The number of benzene rings is 1. The standard InChI is InChI=1S/C12H15BrN2O5S/c1-12(2,11(14)18)6-15-21(19,20)9-4-3-7(10(16)17)5-8(9)13/h3-5,15H,6H2,1-2H3,(H2,14,18)(H,16,17). The first-order valence-corrected chi connectivity index (χ1v) is 8.07. The second-order valence-electron chi connectivity index (χ2n) is 5.02. The smallest absolute Gasteiger partial charge is 0.335 e. The number of hydrogen-bond acceptors (Lipinski definition) is 4. The Morgan fingerprint density at radius 2 is 1.95 bits per heavy atom. The molecule has 0 aliphatic carbocycles. The van der Waals surface area contributed by atoms with Gasteiger partial charge in [0.05, 0.1) is 15.9 Å². The average molecular weight is 379 g/mol. The van der Waals surface area contributed by atoms with Crippen molar-refractivity contribution in [1.82, 2.24) is 4.72 Å². The van der Waals surface area contributed by atoms with Gasteiger partial charge in [-0.05, 0) is 48.0 Å². The zero-order valence-electron chi connectivity index (χ0n) is 11.4. The first-order valence-electron chi connectivity index (χ1n) is 5.80. The molecule has 0 unspecified atom stereocenters. The van der Waals surface area contributed by atoms with Crippen molar-refractivity contribution in [3.8, 4) is 0 Å². The lowest BCUT2D eigenvalue weighted by atomic mass is 9.93. The summed E-state index contributed by atoms with van der Waals surface area (Å²) in [5.41, 5.74) is 4.09. The van der Waals surface area contributed by atoms with E-state index >= 15 is 0 Å². The van der Waals surface area contributed by atoms with Gasteiger partial charge < -0.3 is 10.8 Å². The fraction of sp³-hybridized carbons (Fsp3) is 0.333. The Morgan fingerprint density at radius 3 is 2.38 bits per heavy atom. The van der Waals surface area contributed by atoms with Crippen molar-refractivity contribution >= 4 is 37.8 Å². The minimum Gasteiger partial charge on any atom is -0.478 e. The molecule has 0 fully saturated rings. The minimum atomic E-state index is -3.90. The van der Waals surface area contributed by atoms with Crippen molar-refractivity contribution < 1.29 is 23.1 Å². The Labute approximate surface area is 130 Å². The molecule has 0 bridgehead atoms. The zero-order chi connectivity index (χ0) is 16.4. The molecule has 0 atom stereocenters. The summed E-state index contributed by atoms with van der Waals surface area (Å²) < 4.78 is 26.7. The third-order valence-corrected chi connectivity index (χ3v) is 5.22. The minimum absolute atomic E-state index is 0.0432. The second-order valence-corrected chi connectivity index (χ2v) is 7.61. The van der Waals surface area contributed by atoms with Gasteiger partial charge in [0.15, 0.2) is 0 Å². The fourth-order valence-corrected chi connectivity index (χ4v) is 3.58. The van der Waals surface area contributed by atoms with Gasteiger partial charge in [0, 0.05) is 11.0 Å². The van der Waals surface area contributed by atoms with E-state index in [0.717, 1.165) is 0 Å². The van der Waals surface area contributed by atoms with Crippen molar-refractivity contribution in [3.05, 3.63) is 28.2 Å². The van der Waals surface area contributed by atoms with Crippen LogP contribution in [0.25, 0.3) is 0 Å². The van der Waals surface area contributed by atoms with Crippen LogP contribution in [0.15, 0.2) is 27.6 Å². The largest absolute Gasteiger partial charge is 0.478 e. The lowest BCUT2D eigenvalue weighted by Gasteiger charge is -2.21. The maximum absolute atomic E-state index is 12.2. The number of rotatable bonds is 6. The predicted octanol–water partition coefficient (Wildman–Crippen LogP) is 0.937. The van der Waals surface area contributed by atoms with Crippen LogP contribution in [0.1, 0.15) is 24.2 Å². The Morgan fingerprint density at radius 1 is 1.38 bits per heavy atom. The van der Waals surface area contributed by atoms with Crippen LogP contribution in [-0.4, -0.2) is 31.9 Å². The number of amides is 1. The van der Waals surface area contributed by atoms with Crippen LogP contribution in [0.2, 0.25) is 0 Å². The molecule has 1 aromatic carbocycles. The summed E-state index contributed by atoms with van der Waals surface area (Å²) in [5.74, 6) is -1.80. The van der Waals surface area contributed by atoms with Gasteiger partial charge in [-0.2, -0.15) is 0 Å². The maximum Gasteiger partial charge on any atom is 0.335 e. The molecule has 0 aromatic heterocycles. The van der Waals surface area contributed by atoms with Gasteiger partial charge >= 0.3 is 5.97 Å². The van der Waals surface area contributed by atoms with Crippen LogP contribution in [0.5, 0.6) is 0 Å².